The lowest BCUT2D eigenvalue weighted by atomic mass is 9.84. The first-order valence-electron chi connectivity index (χ1n) is 6.63. The summed E-state index contributed by atoms with van der Waals surface area (Å²) in [4.78, 5) is 0. The van der Waals surface area contributed by atoms with Crippen molar-refractivity contribution in [3.05, 3.63) is 35.9 Å². The lowest BCUT2D eigenvalue weighted by Gasteiger charge is -2.22. The molecular formula is C16H26. The van der Waals surface area contributed by atoms with Gasteiger partial charge in [-0.2, -0.15) is 0 Å². The van der Waals surface area contributed by atoms with E-state index in [9.17, 15) is 0 Å². The molecule has 0 nitrogen and oxygen atoms in total. The molecule has 0 aliphatic heterocycles. The van der Waals surface area contributed by atoms with Gasteiger partial charge in [-0.3, -0.25) is 0 Å². The highest BCUT2D eigenvalue weighted by atomic mass is 14.2. The van der Waals surface area contributed by atoms with Crippen LogP contribution in [0.2, 0.25) is 0 Å². The highest BCUT2D eigenvalue weighted by Gasteiger charge is 2.14. The van der Waals surface area contributed by atoms with Gasteiger partial charge in [0.05, 0.1) is 0 Å². The van der Waals surface area contributed by atoms with Gasteiger partial charge in [0.15, 0.2) is 0 Å². The van der Waals surface area contributed by atoms with Crippen molar-refractivity contribution >= 4 is 0 Å². The summed E-state index contributed by atoms with van der Waals surface area (Å²) < 4.78 is 0. The van der Waals surface area contributed by atoms with E-state index in [0.29, 0.717) is 0 Å². The maximum absolute atomic E-state index is 2.36. The molecule has 0 saturated carbocycles. The zero-order valence-corrected chi connectivity index (χ0v) is 11.2. The fourth-order valence-electron chi connectivity index (χ4n) is 2.14. The van der Waals surface area contributed by atoms with Crippen molar-refractivity contribution in [1.82, 2.24) is 0 Å². The minimum absolute atomic E-state index is 0.791. The van der Waals surface area contributed by atoms with E-state index < -0.39 is 0 Å². The third-order valence-corrected chi connectivity index (χ3v) is 3.40. The Balaban J connectivity index is 2.51. The van der Waals surface area contributed by atoms with Crippen molar-refractivity contribution in [2.75, 3.05) is 0 Å². The molecule has 0 spiro atoms. The molecule has 1 unspecified atom stereocenters. The van der Waals surface area contributed by atoms with E-state index in [1.807, 2.05) is 0 Å². The lowest BCUT2D eigenvalue weighted by molar-refractivity contribution is 0.329. The standard InChI is InChI=1S/C16H26/c1-13(2)10-11-16(14(3)4)12-15-8-6-5-7-9-15/h5-9,13-14,16H,10-12H2,1-4H3. The normalized spacial score (nSPS) is 13.4. The van der Waals surface area contributed by atoms with Gasteiger partial charge in [0, 0.05) is 0 Å². The summed E-state index contributed by atoms with van der Waals surface area (Å²) in [6.45, 7) is 9.35. The minimum Gasteiger partial charge on any atom is -0.0628 e. The summed E-state index contributed by atoms with van der Waals surface area (Å²) in [6.07, 6.45) is 3.96. The van der Waals surface area contributed by atoms with Gasteiger partial charge < -0.3 is 0 Å². The molecule has 0 heterocycles. The van der Waals surface area contributed by atoms with Gasteiger partial charge in [0.1, 0.15) is 0 Å². The van der Waals surface area contributed by atoms with Gasteiger partial charge in [-0.15, -0.1) is 0 Å². The Bertz CT molecular complexity index is 271. The molecule has 0 aliphatic rings. The molecule has 0 bridgehead atoms. The number of rotatable bonds is 6. The third kappa shape index (κ3) is 4.83. The van der Waals surface area contributed by atoms with Crippen molar-refractivity contribution < 1.29 is 0 Å². The first kappa shape index (κ1) is 13.3. The Labute approximate surface area is 101 Å². The molecule has 16 heavy (non-hydrogen) atoms. The Kier molecular flexibility index (Phi) is 5.59. The van der Waals surface area contributed by atoms with E-state index in [1.165, 1.54) is 24.8 Å². The number of hydrogen-bond donors (Lipinski definition) is 0. The smallest absolute Gasteiger partial charge is 0.0248 e. The van der Waals surface area contributed by atoms with Crippen LogP contribution < -0.4 is 0 Å². The van der Waals surface area contributed by atoms with E-state index >= 15 is 0 Å². The van der Waals surface area contributed by atoms with Crippen LogP contribution in [0.3, 0.4) is 0 Å². The van der Waals surface area contributed by atoms with Crippen LogP contribution in [-0.4, -0.2) is 0 Å². The Morgan fingerprint density at radius 3 is 2.00 bits per heavy atom. The maximum atomic E-state index is 2.36. The molecule has 1 aromatic rings. The molecule has 0 fully saturated rings. The highest BCUT2D eigenvalue weighted by Crippen LogP contribution is 2.24. The van der Waals surface area contributed by atoms with Crippen LogP contribution in [0.1, 0.15) is 46.1 Å². The van der Waals surface area contributed by atoms with Crippen LogP contribution in [0.25, 0.3) is 0 Å². The van der Waals surface area contributed by atoms with E-state index in [2.05, 4.69) is 58.0 Å². The van der Waals surface area contributed by atoms with Gasteiger partial charge in [-0.1, -0.05) is 64.4 Å². The van der Waals surface area contributed by atoms with E-state index in [-0.39, 0.29) is 0 Å². The topological polar surface area (TPSA) is 0 Å². The molecular weight excluding hydrogens is 192 g/mol. The summed E-state index contributed by atoms with van der Waals surface area (Å²) in [5.41, 5.74) is 1.49. The molecule has 0 aromatic heterocycles. The van der Waals surface area contributed by atoms with Gasteiger partial charge in [0.2, 0.25) is 0 Å². The number of hydrogen-bond acceptors (Lipinski definition) is 0. The Hall–Kier alpha value is -0.780. The van der Waals surface area contributed by atoms with Crippen LogP contribution in [-0.2, 0) is 6.42 Å². The maximum Gasteiger partial charge on any atom is -0.0248 e. The van der Waals surface area contributed by atoms with E-state index in [0.717, 1.165) is 17.8 Å². The third-order valence-electron chi connectivity index (χ3n) is 3.40. The minimum atomic E-state index is 0.791. The SMILES string of the molecule is CC(C)CCC(Cc1ccccc1)C(C)C. The first-order chi connectivity index (χ1) is 7.59. The molecule has 90 valence electrons. The summed E-state index contributed by atoms with van der Waals surface area (Å²) in [5, 5.41) is 0. The molecule has 0 heteroatoms. The fraction of sp³-hybridized carbons (Fsp3) is 0.625. The number of benzene rings is 1. The van der Waals surface area contributed by atoms with Gasteiger partial charge in [-0.25, -0.2) is 0 Å². The molecule has 1 rings (SSSR count). The monoisotopic (exact) mass is 218 g/mol. The fourth-order valence-corrected chi connectivity index (χ4v) is 2.14. The lowest BCUT2D eigenvalue weighted by Crippen LogP contribution is -2.13. The zero-order chi connectivity index (χ0) is 12.0. The zero-order valence-electron chi connectivity index (χ0n) is 11.2. The van der Waals surface area contributed by atoms with Gasteiger partial charge in [-0.05, 0) is 36.2 Å². The summed E-state index contributed by atoms with van der Waals surface area (Å²) in [6, 6.07) is 10.9. The first-order valence-corrected chi connectivity index (χ1v) is 6.63. The average molecular weight is 218 g/mol. The molecule has 1 atom stereocenters. The average Bonchev–Trinajstić information content (AvgIpc) is 2.25. The molecule has 0 aliphatic carbocycles. The van der Waals surface area contributed by atoms with Crippen LogP contribution >= 0.6 is 0 Å². The van der Waals surface area contributed by atoms with E-state index in [4.69, 9.17) is 0 Å². The summed E-state index contributed by atoms with van der Waals surface area (Å²) in [7, 11) is 0. The van der Waals surface area contributed by atoms with Crippen LogP contribution in [0, 0.1) is 17.8 Å². The predicted octanol–water partition coefficient (Wildman–Crippen LogP) is 4.94. The van der Waals surface area contributed by atoms with E-state index in [1.54, 1.807) is 0 Å². The molecule has 0 N–H and O–H groups in total. The second-order valence-corrected chi connectivity index (χ2v) is 5.67. The second kappa shape index (κ2) is 6.73. The molecule has 0 amide bonds. The Morgan fingerprint density at radius 1 is 0.875 bits per heavy atom. The van der Waals surface area contributed by atoms with Crippen molar-refractivity contribution in [3.8, 4) is 0 Å². The van der Waals surface area contributed by atoms with Crippen molar-refractivity contribution in [3.63, 3.8) is 0 Å². The summed E-state index contributed by atoms with van der Waals surface area (Å²) >= 11 is 0. The highest BCUT2D eigenvalue weighted by molar-refractivity contribution is 5.15. The van der Waals surface area contributed by atoms with Crippen molar-refractivity contribution in [2.45, 2.75) is 47.0 Å². The molecule has 1 aromatic carbocycles. The van der Waals surface area contributed by atoms with Crippen LogP contribution in [0.15, 0.2) is 30.3 Å². The van der Waals surface area contributed by atoms with Crippen LogP contribution in [0.5, 0.6) is 0 Å². The predicted molar refractivity (Wildman–Crippen MR) is 72.5 cm³/mol. The van der Waals surface area contributed by atoms with Gasteiger partial charge in [0.25, 0.3) is 0 Å². The summed E-state index contributed by atoms with van der Waals surface area (Å²) in [5.74, 6) is 2.46. The van der Waals surface area contributed by atoms with Gasteiger partial charge >= 0.3 is 0 Å². The van der Waals surface area contributed by atoms with Crippen LogP contribution in [0.4, 0.5) is 0 Å². The Morgan fingerprint density at radius 2 is 1.50 bits per heavy atom. The molecule has 0 saturated heterocycles. The quantitative estimate of drug-likeness (QED) is 0.634. The van der Waals surface area contributed by atoms with Crippen molar-refractivity contribution in [1.29, 1.82) is 0 Å². The molecule has 0 radical (unpaired) electrons. The largest absolute Gasteiger partial charge is 0.0628 e. The second-order valence-electron chi connectivity index (χ2n) is 5.67. The van der Waals surface area contributed by atoms with Crippen molar-refractivity contribution in [2.24, 2.45) is 17.8 Å².